The summed E-state index contributed by atoms with van der Waals surface area (Å²) in [5.74, 6) is 0.755. The molecule has 0 fully saturated rings. The molecule has 6 heteroatoms. The van der Waals surface area contributed by atoms with Crippen LogP contribution in [0.25, 0.3) is 0 Å². The molecule has 2 aromatic rings. The lowest BCUT2D eigenvalue weighted by atomic mass is 10.3. The first-order valence-electron chi connectivity index (χ1n) is 6.11. The molecule has 2 rings (SSSR count). The number of rotatable bonds is 5. The molecule has 0 unspecified atom stereocenters. The lowest BCUT2D eigenvalue weighted by molar-refractivity contribution is -0.118. The van der Waals surface area contributed by atoms with Crippen molar-refractivity contribution in [2.45, 2.75) is 0 Å². The number of para-hydroxylation sites is 2. The van der Waals surface area contributed by atoms with Crippen molar-refractivity contribution in [3.8, 4) is 11.5 Å². The number of amides is 1. The zero-order valence-corrected chi connectivity index (χ0v) is 12.7. The quantitative estimate of drug-likeness (QED) is 0.903. The summed E-state index contributed by atoms with van der Waals surface area (Å²) in [6, 6.07) is 11.9. The fourth-order valence-corrected chi connectivity index (χ4v) is 1.94. The van der Waals surface area contributed by atoms with Crippen LogP contribution < -0.4 is 14.8 Å². The van der Waals surface area contributed by atoms with Gasteiger partial charge in [-0.15, -0.1) is 0 Å². The number of halogens is 2. The van der Waals surface area contributed by atoms with Crippen LogP contribution >= 0.6 is 23.2 Å². The Morgan fingerprint density at radius 3 is 2.62 bits per heavy atom. The van der Waals surface area contributed by atoms with Crippen LogP contribution in [0.1, 0.15) is 0 Å². The minimum absolute atomic E-state index is 0.143. The number of benzene rings is 2. The molecular weight excluding hydrogens is 313 g/mol. The van der Waals surface area contributed by atoms with E-state index in [1.165, 1.54) is 7.11 Å². The van der Waals surface area contributed by atoms with Gasteiger partial charge in [0.1, 0.15) is 11.5 Å². The fraction of sp³-hybridized carbons (Fsp3) is 0.133. The Bertz CT molecular complexity index is 647. The van der Waals surface area contributed by atoms with Crippen molar-refractivity contribution in [2.75, 3.05) is 19.0 Å². The van der Waals surface area contributed by atoms with Crippen molar-refractivity contribution in [2.24, 2.45) is 0 Å². The Hall–Kier alpha value is -1.91. The summed E-state index contributed by atoms with van der Waals surface area (Å²) in [6.45, 7) is -0.143. The SMILES string of the molecule is COc1ccccc1NC(=O)COc1ccc(Cl)c(Cl)c1. The molecule has 0 aliphatic carbocycles. The highest BCUT2D eigenvalue weighted by Crippen LogP contribution is 2.26. The van der Waals surface area contributed by atoms with Crippen LogP contribution in [0.2, 0.25) is 10.0 Å². The van der Waals surface area contributed by atoms with Gasteiger partial charge in [-0.25, -0.2) is 0 Å². The lowest BCUT2D eigenvalue weighted by Crippen LogP contribution is -2.20. The molecule has 0 spiro atoms. The van der Waals surface area contributed by atoms with E-state index in [4.69, 9.17) is 32.7 Å². The minimum atomic E-state index is -0.300. The van der Waals surface area contributed by atoms with Crippen molar-refractivity contribution in [1.82, 2.24) is 0 Å². The molecule has 0 radical (unpaired) electrons. The molecule has 0 saturated heterocycles. The third kappa shape index (κ3) is 4.28. The molecule has 0 aliphatic heterocycles. The third-order valence-electron chi connectivity index (χ3n) is 2.64. The summed E-state index contributed by atoms with van der Waals surface area (Å²) < 4.78 is 10.5. The van der Waals surface area contributed by atoms with Crippen LogP contribution in [-0.4, -0.2) is 19.6 Å². The maximum Gasteiger partial charge on any atom is 0.262 e. The Balaban J connectivity index is 1.94. The average molecular weight is 326 g/mol. The Morgan fingerprint density at radius 1 is 1.14 bits per heavy atom. The number of hydrogen-bond donors (Lipinski definition) is 1. The number of hydrogen-bond acceptors (Lipinski definition) is 3. The number of carbonyl (C=O) groups excluding carboxylic acids is 1. The molecule has 1 amide bonds. The average Bonchev–Trinajstić information content (AvgIpc) is 2.49. The van der Waals surface area contributed by atoms with Gasteiger partial charge in [-0.1, -0.05) is 35.3 Å². The van der Waals surface area contributed by atoms with Crippen LogP contribution in [0.3, 0.4) is 0 Å². The Labute approximate surface area is 132 Å². The van der Waals surface area contributed by atoms with Gasteiger partial charge >= 0.3 is 0 Å². The second kappa shape index (κ2) is 7.20. The van der Waals surface area contributed by atoms with Gasteiger partial charge in [-0.05, 0) is 24.3 Å². The maximum absolute atomic E-state index is 11.9. The largest absolute Gasteiger partial charge is 0.495 e. The topological polar surface area (TPSA) is 47.6 Å². The molecule has 0 saturated carbocycles. The molecule has 0 atom stereocenters. The van der Waals surface area contributed by atoms with E-state index in [1.54, 1.807) is 36.4 Å². The summed E-state index contributed by atoms with van der Waals surface area (Å²) >= 11 is 11.7. The number of nitrogens with one attached hydrogen (secondary N) is 1. The highest BCUT2D eigenvalue weighted by atomic mass is 35.5. The first-order valence-corrected chi connectivity index (χ1v) is 6.86. The van der Waals surface area contributed by atoms with Gasteiger partial charge in [-0.3, -0.25) is 4.79 Å². The van der Waals surface area contributed by atoms with E-state index in [1.807, 2.05) is 6.07 Å². The van der Waals surface area contributed by atoms with Crippen LogP contribution in [0, 0.1) is 0 Å². The maximum atomic E-state index is 11.9. The van der Waals surface area contributed by atoms with E-state index in [-0.39, 0.29) is 12.5 Å². The van der Waals surface area contributed by atoms with E-state index in [2.05, 4.69) is 5.32 Å². The second-order valence-corrected chi connectivity index (χ2v) is 4.93. The fourth-order valence-electron chi connectivity index (χ4n) is 1.65. The summed E-state index contributed by atoms with van der Waals surface area (Å²) in [6.07, 6.45) is 0. The standard InChI is InChI=1S/C15H13Cl2NO3/c1-20-14-5-3-2-4-13(14)18-15(19)9-21-10-6-7-11(16)12(17)8-10/h2-8H,9H2,1H3,(H,18,19). The minimum Gasteiger partial charge on any atom is -0.495 e. The summed E-state index contributed by atoms with van der Waals surface area (Å²) in [5, 5.41) is 3.52. The van der Waals surface area contributed by atoms with Gasteiger partial charge in [0.25, 0.3) is 5.91 Å². The molecule has 0 aromatic heterocycles. The molecule has 0 bridgehead atoms. The van der Waals surface area contributed by atoms with Crippen molar-refractivity contribution in [3.63, 3.8) is 0 Å². The summed E-state index contributed by atoms with van der Waals surface area (Å²) in [7, 11) is 1.54. The lowest BCUT2D eigenvalue weighted by Gasteiger charge is -2.10. The van der Waals surface area contributed by atoms with Crippen molar-refractivity contribution < 1.29 is 14.3 Å². The van der Waals surface area contributed by atoms with Gasteiger partial charge in [0.2, 0.25) is 0 Å². The number of methoxy groups -OCH3 is 1. The van der Waals surface area contributed by atoms with Gasteiger partial charge < -0.3 is 14.8 Å². The monoisotopic (exact) mass is 325 g/mol. The zero-order chi connectivity index (χ0) is 15.2. The van der Waals surface area contributed by atoms with E-state index >= 15 is 0 Å². The molecule has 4 nitrogen and oxygen atoms in total. The Morgan fingerprint density at radius 2 is 1.90 bits per heavy atom. The predicted molar refractivity (Wildman–Crippen MR) is 83.6 cm³/mol. The summed E-state index contributed by atoms with van der Waals surface area (Å²) in [4.78, 5) is 11.9. The number of carbonyl (C=O) groups is 1. The highest BCUT2D eigenvalue weighted by Gasteiger charge is 2.08. The zero-order valence-electron chi connectivity index (χ0n) is 11.2. The smallest absolute Gasteiger partial charge is 0.262 e. The molecule has 0 heterocycles. The van der Waals surface area contributed by atoms with Crippen LogP contribution in [-0.2, 0) is 4.79 Å². The predicted octanol–water partition coefficient (Wildman–Crippen LogP) is 4.02. The van der Waals surface area contributed by atoms with Crippen molar-refractivity contribution >= 4 is 34.8 Å². The first kappa shape index (κ1) is 15.5. The van der Waals surface area contributed by atoms with E-state index in [9.17, 15) is 4.79 Å². The summed E-state index contributed by atoms with van der Waals surface area (Å²) in [5.41, 5.74) is 0.586. The van der Waals surface area contributed by atoms with Crippen LogP contribution in [0.4, 0.5) is 5.69 Å². The third-order valence-corrected chi connectivity index (χ3v) is 3.38. The van der Waals surface area contributed by atoms with Crippen LogP contribution in [0.5, 0.6) is 11.5 Å². The molecule has 1 N–H and O–H groups in total. The Kier molecular flexibility index (Phi) is 5.31. The highest BCUT2D eigenvalue weighted by molar-refractivity contribution is 6.42. The first-order chi connectivity index (χ1) is 10.1. The molecule has 110 valence electrons. The molecule has 21 heavy (non-hydrogen) atoms. The van der Waals surface area contributed by atoms with Gasteiger partial charge in [-0.2, -0.15) is 0 Å². The van der Waals surface area contributed by atoms with Crippen LogP contribution in [0.15, 0.2) is 42.5 Å². The number of anilines is 1. The molecular formula is C15H13Cl2NO3. The van der Waals surface area contributed by atoms with Gasteiger partial charge in [0, 0.05) is 6.07 Å². The van der Waals surface area contributed by atoms with Crippen molar-refractivity contribution in [1.29, 1.82) is 0 Å². The molecule has 0 aliphatic rings. The van der Waals surface area contributed by atoms with Gasteiger partial charge in [0.05, 0.1) is 22.8 Å². The van der Waals surface area contributed by atoms with E-state index in [0.717, 1.165) is 0 Å². The van der Waals surface area contributed by atoms with E-state index in [0.29, 0.717) is 27.2 Å². The van der Waals surface area contributed by atoms with Gasteiger partial charge in [0.15, 0.2) is 6.61 Å². The molecule has 2 aromatic carbocycles. The normalized spacial score (nSPS) is 10.0. The van der Waals surface area contributed by atoms with Crippen molar-refractivity contribution in [3.05, 3.63) is 52.5 Å². The number of ether oxygens (including phenoxy) is 2. The van der Waals surface area contributed by atoms with E-state index < -0.39 is 0 Å². The second-order valence-electron chi connectivity index (χ2n) is 4.11.